The highest BCUT2D eigenvalue weighted by Gasteiger charge is 2.13. The molecular formula is C18H21ClN2O2. The Kier molecular flexibility index (Phi) is 5.88. The molecule has 1 amide bonds. The molecule has 3 rings (SSSR count). The quantitative estimate of drug-likeness (QED) is 0.884. The molecule has 1 heterocycles. The lowest BCUT2D eigenvalue weighted by Crippen LogP contribution is -2.25. The maximum Gasteiger partial charge on any atom is 0.251 e. The lowest BCUT2D eigenvalue weighted by molar-refractivity contribution is 0.0954. The summed E-state index contributed by atoms with van der Waals surface area (Å²) < 4.78 is 5.32. The molecule has 2 aromatic rings. The predicted molar refractivity (Wildman–Crippen MR) is 94.9 cm³/mol. The normalized spacial score (nSPS) is 11.9. The van der Waals surface area contributed by atoms with Gasteiger partial charge in [-0.1, -0.05) is 18.2 Å². The number of anilines is 1. The van der Waals surface area contributed by atoms with Crippen LogP contribution in [-0.2, 0) is 12.8 Å². The standard InChI is InChI=1S/C18H20N2O2.ClH/c1-22-17-5-3-2-4-13(17)8-11-20-18(21)15-6-7-16-14(12-15)9-10-19-16;/h2-7,12,19H,8-11H2,1H3,(H,20,21);1H. The van der Waals surface area contributed by atoms with Crippen molar-refractivity contribution >= 4 is 24.0 Å². The van der Waals surface area contributed by atoms with E-state index in [4.69, 9.17) is 4.74 Å². The highest BCUT2D eigenvalue weighted by Crippen LogP contribution is 2.23. The molecular weight excluding hydrogens is 312 g/mol. The van der Waals surface area contributed by atoms with Gasteiger partial charge >= 0.3 is 0 Å². The Hall–Kier alpha value is -2.20. The van der Waals surface area contributed by atoms with Crippen molar-refractivity contribution < 1.29 is 9.53 Å². The Labute approximate surface area is 142 Å². The van der Waals surface area contributed by atoms with Gasteiger partial charge in [0.15, 0.2) is 0 Å². The number of carbonyl (C=O) groups excluding carboxylic acids is 1. The van der Waals surface area contributed by atoms with Crippen molar-refractivity contribution in [2.45, 2.75) is 12.8 Å². The summed E-state index contributed by atoms with van der Waals surface area (Å²) in [5, 5.41) is 6.27. The maximum atomic E-state index is 12.2. The number of hydrogen-bond donors (Lipinski definition) is 2. The van der Waals surface area contributed by atoms with Gasteiger partial charge in [-0.3, -0.25) is 4.79 Å². The first kappa shape index (κ1) is 17.2. The summed E-state index contributed by atoms with van der Waals surface area (Å²) in [5.41, 5.74) is 4.19. The molecule has 0 spiro atoms. The Morgan fingerprint density at radius 1 is 1.26 bits per heavy atom. The molecule has 0 saturated heterocycles. The van der Waals surface area contributed by atoms with E-state index < -0.39 is 0 Å². The van der Waals surface area contributed by atoms with Gasteiger partial charge in [0, 0.05) is 24.3 Å². The second-order valence-electron chi connectivity index (χ2n) is 5.37. The molecule has 0 unspecified atom stereocenters. The minimum Gasteiger partial charge on any atom is -0.496 e. The van der Waals surface area contributed by atoms with Crippen molar-refractivity contribution in [1.29, 1.82) is 0 Å². The topological polar surface area (TPSA) is 50.4 Å². The van der Waals surface area contributed by atoms with Crippen LogP contribution in [0.15, 0.2) is 42.5 Å². The maximum absolute atomic E-state index is 12.2. The largest absolute Gasteiger partial charge is 0.496 e. The van der Waals surface area contributed by atoms with Gasteiger partial charge in [0.1, 0.15) is 5.75 Å². The van der Waals surface area contributed by atoms with Gasteiger partial charge in [-0.25, -0.2) is 0 Å². The number of halogens is 1. The molecule has 0 fully saturated rings. The third-order valence-electron chi connectivity index (χ3n) is 3.95. The Bertz CT molecular complexity index is 688. The van der Waals surface area contributed by atoms with Crippen LogP contribution >= 0.6 is 12.4 Å². The van der Waals surface area contributed by atoms with Gasteiger partial charge in [0.25, 0.3) is 5.91 Å². The van der Waals surface area contributed by atoms with Crippen molar-refractivity contribution in [3.05, 3.63) is 59.2 Å². The summed E-state index contributed by atoms with van der Waals surface area (Å²) >= 11 is 0. The van der Waals surface area contributed by atoms with Crippen LogP contribution in [0.1, 0.15) is 21.5 Å². The lowest BCUT2D eigenvalue weighted by atomic mass is 10.1. The number of rotatable bonds is 5. The molecule has 0 aliphatic carbocycles. The second kappa shape index (κ2) is 7.88. The number of hydrogen-bond acceptors (Lipinski definition) is 3. The van der Waals surface area contributed by atoms with Gasteiger partial charge < -0.3 is 15.4 Å². The van der Waals surface area contributed by atoms with E-state index in [9.17, 15) is 4.79 Å². The Morgan fingerprint density at radius 3 is 2.91 bits per heavy atom. The van der Waals surface area contributed by atoms with Crippen molar-refractivity contribution in [3.63, 3.8) is 0 Å². The number of benzene rings is 2. The number of para-hydroxylation sites is 1. The second-order valence-corrected chi connectivity index (χ2v) is 5.37. The summed E-state index contributed by atoms with van der Waals surface area (Å²) in [7, 11) is 1.66. The molecule has 2 aromatic carbocycles. The number of nitrogens with one attached hydrogen (secondary N) is 2. The van der Waals surface area contributed by atoms with Crippen molar-refractivity contribution in [1.82, 2.24) is 5.32 Å². The number of carbonyl (C=O) groups is 1. The summed E-state index contributed by atoms with van der Waals surface area (Å²) in [4.78, 5) is 12.2. The molecule has 0 saturated carbocycles. The van der Waals surface area contributed by atoms with Crippen LogP contribution in [0.5, 0.6) is 5.75 Å². The number of amides is 1. The Balaban J connectivity index is 0.00000192. The highest BCUT2D eigenvalue weighted by molar-refractivity contribution is 5.95. The first-order chi connectivity index (χ1) is 10.8. The van der Waals surface area contributed by atoms with E-state index >= 15 is 0 Å². The monoisotopic (exact) mass is 332 g/mol. The third kappa shape index (κ3) is 3.96. The van der Waals surface area contributed by atoms with Crippen LogP contribution in [0.4, 0.5) is 5.69 Å². The van der Waals surface area contributed by atoms with Crippen LogP contribution in [-0.4, -0.2) is 26.1 Å². The summed E-state index contributed by atoms with van der Waals surface area (Å²) in [5.74, 6) is 0.838. The van der Waals surface area contributed by atoms with E-state index in [1.54, 1.807) is 7.11 Å². The fourth-order valence-corrected chi connectivity index (χ4v) is 2.77. The first-order valence-electron chi connectivity index (χ1n) is 7.55. The van der Waals surface area contributed by atoms with E-state index in [2.05, 4.69) is 10.6 Å². The summed E-state index contributed by atoms with van der Waals surface area (Å²) in [6.07, 6.45) is 1.74. The van der Waals surface area contributed by atoms with E-state index in [-0.39, 0.29) is 18.3 Å². The lowest BCUT2D eigenvalue weighted by Gasteiger charge is -2.09. The minimum atomic E-state index is -0.0235. The molecule has 4 nitrogen and oxygen atoms in total. The summed E-state index contributed by atoms with van der Waals surface area (Å²) in [6, 6.07) is 13.7. The van der Waals surface area contributed by atoms with Gasteiger partial charge in [-0.05, 0) is 48.2 Å². The zero-order valence-electron chi connectivity index (χ0n) is 13.1. The van der Waals surface area contributed by atoms with Gasteiger partial charge in [-0.2, -0.15) is 0 Å². The molecule has 0 bridgehead atoms. The predicted octanol–water partition coefficient (Wildman–Crippen LogP) is 3.06. The highest BCUT2D eigenvalue weighted by atomic mass is 35.5. The van der Waals surface area contributed by atoms with Crippen LogP contribution in [0.25, 0.3) is 0 Å². The van der Waals surface area contributed by atoms with E-state index in [0.29, 0.717) is 6.54 Å². The number of fused-ring (bicyclic) bond motifs is 1. The average Bonchev–Trinajstić information content (AvgIpc) is 3.02. The molecule has 0 atom stereocenters. The van der Waals surface area contributed by atoms with E-state index in [1.165, 1.54) is 5.56 Å². The zero-order chi connectivity index (χ0) is 15.4. The molecule has 1 aliphatic rings. The minimum absolute atomic E-state index is 0. The van der Waals surface area contributed by atoms with Gasteiger partial charge in [0.05, 0.1) is 7.11 Å². The molecule has 2 N–H and O–H groups in total. The van der Waals surface area contributed by atoms with Gasteiger partial charge in [-0.15, -0.1) is 12.4 Å². The summed E-state index contributed by atoms with van der Waals surface area (Å²) in [6.45, 7) is 1.54. The fraction of sp³-hybridized carbons (Fsp3) is 0.278. The van der Waals surface area contributed by atoms with E-state index in [0.717, 1.165) is 42.0 Å². The molecule has 0 aromatic heterocycles. The molecule has 5 heteroatoms. The molecule has 23 heavy (non-hydrogen) atoms. The van der Waals surface area contributed by atoms with Crippen LogP contribution < -0.4 is 15.4 Å². The SMILES string of the molecule is COc1ccccc1CCNC(=O)c1ccc2c(c1)CCN2.Cl. The first-order valence-corrected chi connectivity index (χ1v) is 7.55. The van der Waals surface area contributed by atoms with Crippen molar-refractivity contribution in [3.8, 4) is 5.75 Å². The number of ether oxygens (including phenoxy) is 1. The third-order valence-corrected chi connectivity index (χ3v) is 3.95. The number of methoxy groups -OCH3 is 1. The fourth-order valence-electron chi connectivity index (χ4n) is 2.77. The average molecular weight is 333 g/mol. The van der Waals surface area contributed by atoms with Crippen molar-refractivity contribution in [2.24, 2.45) is 0 Å². The van der Waals surface area contributed by atoms with Crippen molar-refractivity contribution in [2.75, 3.05) is 25.5 Å². The van der Waals surface area contributed by atoms with Crippen LogP contribution in [0.2, 0.25) is 0 Å². The molecule has 0 radical (unpaired) electrons. The van der Waals surface area contributed by atoms with E-state index in [1.807, 2.05) is 42.5 Å². The zero-order valence-corrected chi connectivity index (χ0v) is 13.9. The molecule has 1 aliphatic heterocycles. The van der Waals surface area contributed by atoms with Crippen LogP contribution in [0, 0.1) is 0 Å². The van der Waals surface area contributed by atoms with Crippen LogP contribution in [0.3, 0.4) is 0 Å². The Morgan fingerprint density at radius 2 is 2.09 bits per heavy atom. The molecule has 122 valence electrons. The van der Waals surface area contributed by atoms with Gasteiger partial charge in [0.2, 0.25) is 0 Å². The smallest absolute Gasteiger partial charge is 0.251 e.